The summed E-state index contributed by atoms with van der Waals surface area (Å²) in [4.78, 5) is 11.7. The average molecular weight is 465 g/mol. The number of H-pyrrole nitrogens is 1. The summed E-state index contributed by atoms with van der Waals surface area (Å²) >= 11 is 1.83. The summed E-state index contributed by atoms with van der Waals surface area (Å²) in [5.41, 5.74) is 14.1. The van der Waals surface area contributed by atoms with E-state index in [1.54, 1.807) is 0 Å². The van der Waals surface area contributed by atoms with E-state index in [1.807, 2.05) is 29.7 Å². The Labute approximate surface area is 197 Å². The number of pyridine rings is 1. The Balaban J connectivity index is 0.00000216. The molecule has 4 heterocycles. The van der Waals surface area contributed by atoms with Gasteiger partial charge in [-0.1, -0.05) is 12.1 Å². The van der Waals surface area contributed by atoms with Crippen LogP contribution in [0.1, 0.15) is 10.4 Å². The molecular weight excluding hydrogens is 440 g/mol. The fourth-order valence-corrected chi connectivity index (χ4v) is 5.69. The molecule has 2 aliphatic rings. The molecule has 0 atom stereocenters. The number of anilines is 2. The summed E-state index contributed by atoms with van der Waals surface area (Å²) in [5, 5.41) is 7.99. The Morgan fingerprint density at radius 1 is 1.00 bits per heavy atom. The van der Waals surface area contributed by atoms with Crippen molar-refractivity contribution in [3.8, 4) is 33.0 Å². The highest BCUT2D eigenvalue weighted by Crippen LogP contribution is 2.46. The van der Waals surface area contributed by atoms with Crippen molar-refractivity contribution in [1.29, 1.82) is 0 Å². The Morgan fingerprint density at radius 3 is 2.47 bits per heavy atom. The van der Waals surface area contributed by atoms with Gasteiger partial charge < -0.3 is 15.5 Å². The number of nitrogens with two attached hydrogens (primary N) is 1. The zero-order valence-electron chi connectivity index (χ0n) is 17.8. The van der Waals surface area contributed by atoms with Crippen molar-refractivity contribution in [2.45, 2.75) is 6.42 Å². The molecular formula is C24H25ClN6S. The van der Waals surface area contributed by atoms with Gasteiger partial charge in [0.1, 0.15) is 5.82 Å². The number of aromatic nitrogens is 3. The number of hydrogen-bond acceptors (Lipinski definition) is 6. The third kappa shape index (κ3) is 3.56. The van der Waals surface area contributed by atoms with Crippen molar-refractivity contribution in [1.82, 2.24) is 20.1 Å². The van der Waals surface area contributed by atoms with E-state index in [4.69, 9.17) is 5.73 Å². The number of thiophene rings is 1. The monoisotopic (exact) mass is 464 g/mol. The maximum atomic E-state index is 5.73. The second kappa shape index (κ2) is 8.24. The summed E-state index contributed by atoms with van der Waals surface area (Å²) in [6, 6.07) is 15.0. The molecule has 1 aromatic carbocycles. The molecule has 0 bridgehead atoms. The van der Waals surface area contributed by atoms with E-state index >= 15 is 0 Å². The molecule has 3 aromatic heterocycles. The lowest BCUT2D eigenvalue weighted by molar-refractivity contribution is 0.313. The minimum Gasteiger partial charge on any atom is -0.384 e. The fraction of sp³-hybridized carbons (Fsp3) is 0.250. The topological polar surface area (TPSA) is 74.1 Å². The maximum absolute atomic E-state index is 5.73. The Bertz CT molecular complexity index is 1240. The van der Waals surface area contributed by atoms with Gasteiger partial charge in [-0.2, -0.15) is 5.10 Å². The van der Waals surface area contributed by atoms with Crippen LogP contribution < -0.4 is 10.6 Å². The largest absolute Gasteiger partial charge is 0.384 e. The van der Waals surface area contributed by atoms with Crippen LogP contribution in [-0.4, -0.2) is 53.3 Å². The average Bonchev–Trinajstić information content (AvgIpc) is 3.46. The van der Waals surface area contributed by atoms with Gasteiger partial charge in [0, 0.05) is 76.5 Å². The first-order valence-corrected chi connectivity index (χ1v) is 11.4. The van der Waals surface area contributed by atoms with Gasteiger partial charge in [-0.3, -0.25) is 5.10 Å². The standard InChI is InChI=1S/C24H24N6S.ClH/c1-29-8-10-30(11-9-29)17-5-2-15(3-6-17)23-19-13-21-18(24(19)28-27-23)12-20(31-21)16-4-7-22(25)26-14-16;/h2-7,12,14H,8-11,13H2,1H3,(H2,25,26)(H,27,28);1H. The van der Waals surface area contributed by atoms with E-state index < -0.39 is 0 Å². The van der Waals surface area contributed by atoms with E-state index in [-0.39, 0.29) is 12.4 Å². The zero-order valence-corrected chi connectivity index (χ0v) is 19.5. The number of nitrogens with zero attached hydrogens (tertiary/aromatic N) is 4. The first-order valence-electron chi connectivity index (χ1n) is 10.6. The number of aromatic amines is 1. The minimum atomic E-state index is 0. The van der Waals surface area contributed by atoms with E-state index in [0.717, 1.165) is 49.6 Å². The summed E-state index contributed by atoms with van der Waals surface area (Å²) < 4.78 is 0. The van der Waals surface area contributed by atoms with Crippen LogP contribution in [0.2, 0.25) is 0 Å². The molecule has 6 rings (SSSR count). The molecule has 6 nitrogen and oxygen atoms in total. The van der Waals surface area contributed by atoms with Crippen LogP contribution >= 0.6 is 23.7 Å². The summed E-state index contributed by atoms with van der Waals surface area (Å²) in [6.07, 6.45) is 2.77. The van der Waals surface area contributed by atoms with Crippen molar-refractivity contribution in [2.75, 3.05) is 43.9 Å². The fourth-order valence-electron chi connectivity index (χ4n) is 4.52. The van der Waals surface area contributed by atoms with Crippen molar-refractivity contribution >= 4 is 35.2 Å². The van der Waals surface area contributed by atoms with Crippen LogP contribution in [0.5, 0.6) is 0 Å². The third-order valence-corrected chi connectivity index (χ3v) is 7.55. The number of benzene rings is 1. The van der Waals surface area contributed by atoms with Crippen LogP contribution in [0.15, 0.2) is 48.7 Å². The predicted octanol–water partition coefficient (Wildman–Crippen LogP) is 4.53. The molecule has 32 heavy (non-hydrogen) atoms. The van der Waals surface area contributed by atoms with E-state index in [2.05, 4.69) is 62.4 Å². The van der Waals surface area contributed by atoms with Crippen LogP contribution in [0, 0.1) is 0 Å². The minimum absolute atomic E-state index is 0. The van der Waals surface area contributed by atoms with Crippen LogP contribution in [0.25, 0.3) is 33.0 Å². The molecule has 0 unspecified atom stereocenters. The van der Waals surface area contributed by atoms with Gasteiger partial charge in [-0.25, -0.2) is 4.98 Å². The molecule has 4 aromatic rings. The number of likely N-dealkylation sites (N-methyl/N-ethyl adjacent to an activating group) is 1. The first kappa shape index (κ1) is 21.0. The molecule has 3 N–H and O–H groups in total. The molecule has 0 saturated carbocycles. The number of piperazine rings is 1. The highest BCUT2D eigenvalue weighted by atomic mass is 35.5. The van der Waals surface area contributed by atoms with Crippen molar-refractivity contribution < 1.29 is 0 Å². The number of hydrogen-bond donors (Lipinski definition) is 2. The van der Waals surface area contributed by atoms with Crippen LogP contribution in [0.4, 0.5) is 11.5 Å². The molecule has 0 amide bonds. The van der Waals surface area contributed by atoms with Gasteiger partial charge in [0.2, 0.25) is 0 Å². The van der Waals surface area contributed by atoms with E-state index in [0.29, 0.717) is 5.82 Å². The molecule has 0 radical (unpaired) electrons. The van der Waals surface area contributed by atoms with E-state index in [1.165, 1.54) is 32.1 Å². The normalized spacial score (nSPS) is 15.3. The summed E-state index contributed by atoms with van der Waals surface area (Å²) in [7, 11) is 2.19. The number of fused-ring (bicyclic) bond motifs is 3. The Morgan fingerprint density at radius 2 is 1.75 bits per heavy atom. The summed E-state index contributed by atoms with van der Waals surface area (Å²) in [5.74, 6) is 0.548. The Hall–Kier alpha value is -2.87. The molecule has 1 saturated heterocycles. The lowest BCUT2D eigenvalue weighted by atomic mass is 10.1. The number of nitrogen functional groups attached to an aromatic ring is 1. The smallest absolute Gasteiger partial charge is 0.123 e. The second-order valence-corrected chi connectivity index (χ2v) is 9.50. The van der Waals surface area contributed by atoms with Crippen molar-refractivity contribution in [3.05, 3.63) is 59.1 Å². The van der Waals surface area contributed by atoms with Gasteiger partial charge in [-0.05, 0) is 37.4 Å². The molecule has 164 valence electrons. The predicted molar refractivity (Wildman–Crippen MR) is 135 cm³/mol. The molecule has 1 aliphatic heterocycles. The molecule has 1 fully saturated rings. The van der Waals surface area contributed by atoms with Gasteiger partial charge in [0.25, 0.3) is 0 Å². The van der Waals surface area contributed by atoms with Gasteiger partial charge in [0.15, 0.2) is 0 Å². The van der Waals surface area contributed by atoms with Crippen molar-refractivity contribution in [3.63, 3.8) is 0 Å². The lowest BCUT2D eigenvalue weighted by Crippen LogP contribution is -2.44. The number of nitrogens with one attached hydrogen (secondary N) is 1. The Kier molecular flexibility index (Phi) is 5.41. The molecule has 0 spiro atoms. The highest BCUT2D eigenvalue weighted by Gasteiger charge is 2.28. The second-order valence-electron chi connectivity index (χ2n) is 8.36. The number of rotatable bonds is 3. The van der Waals surface area contributed by atoms with Crippen LogP contribution in [0.3, 0.4) is 0 Å². The highest BCUT2D eigenvalue weighted by molar-refractivity contribution is 7.16. The van der Waals surface area contributed by atoms with E-state index in [9.17, 15) is 0 Å². The van der Waals surface area contributed by atoms with Gasteiger partial charge in [-0.15, -0.1) is 23.7 Å². The third-order valence-electron chi connectivity index (χ3n) is 6.36. The van der Waals surface area contributed by atoms with Crippen LogP contribution in [-0.2, 0) is 6.42 Å². The summed E-state index contributed by atoms with van der Waals surface area (Å²) in [6.45, 7) is 4.40. The molecule has 8 heteroatoms. The zero-order chi connectivity index (χ0) is 20.9. The number of halogens is 1. The lowest BCUT2D eigenvalue weighted by Gasteiger charge is -2.34. The van der Waals surface area contributed by atoms with Gasteiger partial charge in [0.05, 0.1) is 11.4 Å². The first-order chi connectivity index (χ1) is 15.2. The quantitative estimate of drug-likeness (QED) is 0.410. The SMILES string of the molecule is CN1CCN(c2ccc(-c3n[nH]c4c3Cc3sc(-c5ccc(N)nc5)cc3-4)cc2)CC1.Cl. The van der Waals surface area contributed by atoms with Gasteiger partial charge >= 0.3 is 0 Å². The maximum Gasteiger partial charge on any atom is 0.123 e. The van der Waals surface area contributed by atoms with Crippen molar-refractivity contribution in [2.24, 2.45) is 0 Å². The molecule has 1 aliphatic carbocycles.